The van der Waals surface area contributed by atoms with Crippen molar-refractivity contribution in [1.82, 2.24) is 4.98 Å². The summed E-state index contributed by atoms with van der Waals surface area (Å²) in [5.41, 5.74) is -0.0123. The highest BCUT2D eigenvalue weighted by molar-refractivity contribution is 9.11. The van der Waals surface area contributed by atoms with E-state index in [1.54, 1.807) is 0 Å². The van der Waals surface area contributed by atoms with Crippen molar-refractivity contribution in [3.63, 3.8) is 0 Å². The maximum absolute atomic E-state index is 5.51. The summed E-state index contributed by atoms with van der Waals surface area (Å²) in [6.45, 7) is 6.70. The topological polar surface area (TPSA) is 25.4 Å². The highest BCUT2D eigenvalue weighted by Gasteiger charge is 2.32. The Balaban J connectivity index is 2.35. The summed E-state index contributed by atoms with van der Waals surface area (Å²) >= 11 is 6.97. The smallest absolute Gasteiger partial charge is 0.143 e. The zero-order valence-electron chi connectivity index (χ0n) is 9.33. The van der Waals surface area contributed by atoms with Crippen LogP contribution in [-0.4, -0.2) is 30.3 Å². The first-order chi connectivity index (χ1) is 7.50. The molecule has 0 aliphatic carbocycles. The molecule has 5 heteroatoms. The number of ether oxygens (including phenoxy) is 1. The molecule has 1 saturated heterocycles. The van der Waals surface area contributed by atoms with Gasteiger partial charge in [-0.2, -0.15) is 0 Å². The first kappa shape index (κ1) is 12.3. The lowest BCUT2D eigenvalue weighted by Gasteiger charge is -2.43. The molecule has 88 valence electrons. The summed E-state index contributed by atoms with van der Waals surface area (Å²) in [4.78, 5) is 6.76. The number of hydrogen-bond donors (Lipinski definition) is 0. The Hall–Kier alpha value is -0.130. The van der Waals surface area contributed by atoms with Crippen LogP contribution in [0.1, 0.15) is 13.8 Å². The number of pyridine rings is 1. The van der Waals surface area contributed by atoms with Gasteiger partial charge in [0.2, 0.25) is 0 Å². The molecule has 1 fully saturated rings. The molecule has 0 atom stereocenters. The quantitative estimate of drug-likeness (QED) is 0.778. The third kappa shape index (κ3) is 2.41. The Morgan fingerprint density at radius 3 is 2.81 bits per heavy atom. The molecule has 0 bridgehead atoms. The van der Waals surface area contributed by atoms with Crippen LogP contribution in [0.4, 0.5) is 5.82 Å². The average molecular weight is 350 g/mol. The second kappa shape index (κ2) is 4.63. The summed E-state index contributed by atoms with van der Waals surface area (Å²) in [5, 5.41) is 0. The van der Waals surface area contributed by atoms with E-state index >= 15 is 0 Å². The number of aromatic nitrogens is 1. The van der Waals surface area contributed by atoms with E-state index in [-0.39, 0.29) is 5.54 Å². The number of rotatable bonds is 1. The average Bonchev–Trinajstić information content (AvgIpc) is 2.19. The van der Waals surface area contributed by atoms with Crippen LogP contribution in [0.5, 0.6) is 0 Å². The molecule has 3 nitrogen and oxygen atoms in total. The molecule has 0 saturated carbocycles. The van der Waals surface area contributed by atoms with Crippen LogP contribution < -0.4 is 4.90 Å². The molecule has 16 heavy (non-hydrogen) atoms. The van der Waals surface area contributed by atoms with Gasteiger partial charge in [-0.1, -0.05) is 0 Å². The summed E-state index contributed by atoms with van der Waals surface area (Å²) in [7, 11) is 0. The highest BCUT2D eigenvalue weighted by Crippen LogP contribution is 2.32. The summed E-state index contributed by atoms with van der Waals surface area (Å²) < 4.78 is 7.50. The molecule has 1 aromatic rings. The number of morpholine rings is 1. The number of hydrogen-bond acceptors (Lipinski definition) is 3. The van der Waals surface area contributed by atoms with Gasteiger partial charge in [0.25, 0.3) is 0 Å². The first-order valence-electron chi connectivity index (χ1n) is 5.17. The fourth-order valence-corrected chi connectivity index (χ4v) is 3.06. The molecule has 0 N–H and O–H groups in total. The summed E-state index contributed by atoms with van der Waals surface area (Å²) in [6.07, 6.45) is 1.83. The van der Waals surface area contributed by atoms with E-state index in [0.717, 1.165) is 34.5 Å². The lowest BCUT2D eigenvalue weighted by Crippen LogP contribution is -2.53. The molecule has 2 rings (SSSR count). The van der Waals surface area contributed by atoms with E-state index in [1.807, 2.05) is 12.3 Å². The van der Waals surface area contributed by atoms with Gasteiger partial charge in [0.15, 0.2) is 0 Å². The normalized spacial score (nSPS) is 19.9. The Kier molecular flexibility index (Phi) is 3.56. The summed E-state index contributed by atoms with van der Waals surface area (Å²) in [5.74, 6) is 0.983. The van der Waals surface area contributed by atoms with Crippen LogP contribution in [0, 0.1) is 0 Å². The molecule has 1 aliphatic rings. The molecule has 0 radical (unpaired) electrons. The van der Waals surface area contributed by atoms with Gasteiger partial charge in [-0.3, -0.25) is 0 Å². The standard InChI is InChI=1S/C11H14Br2N2O/c1-11(2)7-16-4-3-15(11)10-9(13)5-8(12)6-14-10/h5-6H,3-4,7H2,1-2H3. The van der Waals surface area contributed by atoms with Gasteiger partial charge in [-0.15, -0.1) is 0 Å². The molecule has 2 heterocycles. The molecular formula is C11H14Br2N2O. The largest absolute Gasteiger partial charge is 0.377 e. The van der Waals surface area contributed by atoms with E-state index in [2.05, 4.69) is 55.6 Å². The van der Waals surface area contributed by atoms with E-state index in [1.165, 1.54) is 0 Å². The van der Waals surface area contributed by atoms with Crippen molar-refractivity contribution >= 4 is 37.7 Å². The number of anilines is 1. The van der Waals surface area contributed by atoms with Crippen molar-refractivity contribution in [3.8, 4) is 0 Å². The van der Waals surface area contributed by atoms with Crippen molar-refractivity contribution < 1.29 is 4.74 Å². The molecule has 1 aliphatic heterocycles. The lowest BCUT2D eigenvalue weighted by molar-refractivity contribution is 0.0638. The Labute approximate surface area is 112 Å². The zero-order valence-corrected chi connectivity index (χ0v) is 12.5. The van der Waals surface area contributed by atoms with Gasteiger partial charge in [0.05, 0.1) is 23.2 Å². The second-order valence-electron chi connectivity index (χ2n) is 4.48. The third-order valence-corrected chi connectivity index (χ3v) is 3.71. The van der Waals surface area contributed by atoms with Gasteiger partial charge in [0, 0.05) is 17.2 Å². The SMILES string of the molecule is CC1(C)COCCN1c1ncc(Br)cc1Br. The Bertz CT molecular complexity index is 396. The van der Waals surface area contributed by atoms with E-state index in [0.29, 0.717) is 0 Å². The van der Waals surface area contributed by atoms with Gasteiger partial charge < -0.3 is 9.64 Å². The van der Waals surface area contributed by atoms with E-state index in [9.17, 15) is 0 Å². The Morgan fingerprint density at radius 2 is 2.19 bits per heavy atom. The van der Waals surface area contributed by atoms with Crippen LogP contribution in [-0.2, 0) is 4.74 Å². The van der Waals surface area contributed by atoms with Crippen LogP contribution >= 0.6 is 31.9 Å². The first-order valence-corrected chi connectivity index (χ1v) is 6.76. The fraction of sp³-hybridized carbons (Fsp3) is 0.545. The maximum Gasteiger partial charge on any atom is 0.143 e. The molecule has 0 amide bonds. The van der Waals surface area contributed by atoms with E-state index in [4.69, 9.17) is 4.74 Å². The molecule has 0 unspecified atom stereocenters. The van der Waals surface area contributed by atoms with Crippen LogP contribution in [0.15, 0.2) is 21.2 Å². The van der Waals surface area contributed by atoms with Gasteiger partial charge in [-0.05, 0) is 51.8 Å². The lowest BCUT2D eigenvalue weighted by atomic mass is 10.0. The van der Waals surface area contributed by atoms with E-state index < -0.39 is 0 Å². The van der Waals surface area contributed by atoms with Crippen LogP contribution in [0.3, 0.4) is 0 Å². The Morgan fingerprint density at radius 1 is 1.44 bits per heavy atom. The van der Waals surface area contributed by atoms with Crippen molar-refractivity contribution in [3.05, 3.63) is 21.2 Å². The minimum absolute atomic E-state index is 0.0123. The fourth-order valence-electron chi connectivity index (χ4n) is 1.86. The molecular weight excluding hydrogens is 336 g/mol. The molecule has 1 aromatic heterocycles. The maximum atomic E-state index is 5.51. The summed E-state index contributed by atoms with van der Waals surface area (Å²) in [6, 6.07) is 2.02. The van der Waals surface area contributed by atoms with Gasteiger partial charge in [0.1, 0.15) is 5.82 Å². The minimum atomic E-state index is -0.0123. The van der Waals surface area contributed by atoms with Crippen molar-refractivity contribution in [2.24, 2.45) is 0 Å². The van der Waals surface area contributed by atoms with Gasteiger partial charge >= 0.3 is 0 Å². The third-order valence-electron chi connectivity index (χ3n) is 2.69. The van der Waals surface area contributed by atoms with Gasteiger partial charge in [-0.25, -0.2) is 4.98 Å². The predicted octanol–water partition coefficient (Wildman–Crippen LogP) is 3.22. The second-order valence-corrected chi connectivity index (χ2v) is 6.25. The van der Waals surface area contributed by atoms with Crippen molar-refractivity contribution in [2.75, 3.05) is 24.7 Å². The predicted molar refractivity (Wildman–Crippen MR) is 71.9 cm³/mol. The van der Waals surface area contributed by atoms with Crippen LogP contribution in [0.25, 0.3) is 0 Å². The molecule has 0 aromatic carbocycles. The number of halogens is 2. The van der Waals surface area contributed by atoms with Crippen molar-refractivity contribution in [1.29, 1.82) is 0 Å². The number of nitrogens with zero attached hydrogens (tertiary/aromatic N) is 2. The molecule has 0 spiro atoms. The monoisotopic (exact) mass is 348 g/mol. The minimum Gasteiger partial charge on any atom is -0.377 e. The van der Waals surface area contributed by atoms with Crippen molar-refractivity contribution in [2.45, 2.75) is 19.4 Å². The van der Waals surface area contributed by atoms with Crippen LogP contribution in [0.2, 0.25) is 0 Å². The zero-order chi connectivity index (χ0) is 11.8. The highest BCUT2D eigenvalue weighted by atomic mass is 79.9.